The molecule has 0 bridgehead atoms. The van der Waals surface area contributed by atoms with Gasteiger partial charge in [-0.2, -0.15) is 18.3 Å². The Kier molecular flexibility index (Phi) is 5.71. The summed E-state index contributed by atoms with van der Waals surface area (Å²) in [6.07, 6.45) is -4.56. The fourth-order valence-corrected chi connectivity index (χ4v) is 3.65. The number of rotatable bonds is 5. The minimum absolute atomic E-state index is 0.0553. The van der Waals surface area contributed by atoms with E-state index in [4.69, 9.17) is 17.3 Å². The molecule has 2 N–H and O–H groups in total. The van der Waals surface area contributed by atoms with Crippen molar-refractivity contribution < 1.29 is 18.0 Å². The maximum absolute atomic E-state index is 13.1. The maximum Gasteiger partial charge on any atom is 0.416 e. The van der Waals surface area contributed by atoms with Crippen LogP contribution in [0.2, 0.25) is 5.02 Å². The van der Waals surface area contributed by atoms with E-state index in [1.165, 1.54) is 6.07 Å². The SMILES string of the molecule is Cc1nn(-c2ccccc2)c(C)c1C(Cc1cc(C(F)(F)F)ccc1Cl)C(N)=O. The number of hydrogen-bond acceptors (Lipinski definition) is 2. The highest BCUT2D eigenvalue weighted by molar-refractivity contribution is 6.31. The third-order valence-electron chi connectivity index (χ3n) is 4.84. The van der Waals surface area contributed by atoms with Crippen molar-refractivity contribution in [3.63, 3.8) is 0 Å². The van der Waals surface area contributed by atoms with Crippen LogP contribution in [-0.4, -0.2) is 15.7 Å². The Labute approximate surface area is 171 Å². The molecule has 29 heavy (non-hydrogen) atoms. The van der Waals surface area contributed by atoms with Crippen LogP contribution in [0.25, 0.3) is 5.69 Å². The highest BCUT2D eigenvalue weighted by Gasteiger charge is 2.32. The summed E-state index contributed by atoms with van der Waals surface area (Å²) in [7, 11) is 0. The average molecular weight is 422 g/mol. The minimum Gasteiger partial charge on any atom is -0.369 e. The average Bonchev–Trinajstić information content (AvgIpc) is 2.95. The zero-order valence-electron chi connectivity index (χ0n) is 15.8. The first-order chi connectivity index (χ1) is 13.6. The molecule has 4 nitrogen and oxygen atoms in total. The van der Waals surface area contributed by atoms with Crippen LogP contribution in [0.5, 0.6) is 0 Å². The lowest BCUT2D eigenvalue weighted by Gasteiger charge is -2.17. The van der Waals surface area contributed by atoms with Crippen LogP contribution in [0.3, 0.4) is 0 Å². The van der Waals surface area contributed by atoms with Gasteiger partial charge in [0.1, 0.15) is 0 Å². The van der Waals surface area contributed by atoms with Crippen molar-refractivity contribution in [2.75, 3.05) is 0 Å². The fraction of sp³-hybridized carbons (Fsp3) is 0.238. The third kappa shape index (κ3) is 4.29. The van der Waals surface area contributed by atoms with E-state index < -0.39 is 23.6 Å². The Morgan fingerprint density at radius 1 is 1.17 bits per heavy atom. The van der Waals surface area contributed by atoms with E-state index in [0.717, 1.165) is 17.8 Å². The van der Waals surface area contributed by atoms with Crippen molar-refractivity contribution in [3.05, 3.63) is 81.6 Å². The van der Waals surface area contributed by atoms with Crippen LogP contribution in [-0.2, 0) is 17.4 Å². The molecule has 152 valence electrons. The maximum atomic E-state index is 13.1. The zero-order chi connectivity index (χ0) is 21.3. The quantitative estimate of drug-likeness (QED) is 0.632. The van der Waals surface area contributed by atoms with Gasteiger partial charge in [-0.15, -0.1) is 0 Å². The number of carbonyl (C=O) groups is 1. The van der Waals surface area contributed by atoms with Gasteiger partial charge in [0.2, 0.25) is 5.91 Å². The van der Waals surface area contributed by atoms with Crippen molar-refractivity contribution in [2.24, 2.45) is 5.73 Å². The first-order valence-electron chi connectivity index (χ1n) is 8.86. The topological polar surface area (TPSA) is 60.9 Å². The number of nitrogens with zero attached hydrogens (tertiary/aromatic N) is 2. The first kappa shape index (κ1) is 20.9. The predicted molar refractivity (Wildman–Crippen MR) is 105 cm³/mol. The van der Waals surface area contributed by atoms with Crippen LogP contribution < -0.4 is 5.73 Å². The van der Waals surface area contributed by atoms with E-state index in [0.29, 0.717) is 17.0 Å². The number of aryl methyl sites for hydroxylation is 1. The zero-order valence-corrected chi connectivity index (χ0v) is 16.6. The number of aromatic nitrogens is 2. The van der Waals surface area contributed by atoms with Gasteiger partial charge in [-0.1, -0.05) is 29.8 Å². The van der Waals surface area contributed by atoms with E-state index in [2.05, 4.69) is 5.10 Å². The Hall–Kier alpha value is -2.80. The van der Waals surface area contributed by atoms with Gasteiger partial charge in [0.15, 0.2) is 0 Å². The molecule has 0 fully saturated rings. The molecule has 3 rings (SSSR count). The van der Waals surface area contributed by atoms with E-state index in [9.17, 15) is 18.0 Å². The molecule has 2 aromatic carbocycles. The minimum atomic E-state index is -4.51. The molecule has 0 saturated carbocycles. The number of para-hydroxylation sites is 1. The molecule has 0 saturated heterocycles. The van der Waals surface area contributed by atoms with E-state index in [1.54, 1.807) is 18.5 Å². The normalized spacial score (nSPS) is 12.8. The molecule has 8 heteroatoms. The van der Waals surface area contributed by atoms with Gasteiger partial charge in [0, 0.05) is 16.3 Å². The Morgan fingerprint density at radius 3 is 2.41 bits per heavy atom. The van der Waals surface area contributed by atoms with Gasteiger partial charge in [-0.05, 0) is 56.2 Å². The molecule has 0 spiro atoms. The molecule has 1 amide bonds. The van der Waals surface area contributed by atoms with Crippen molar-refractivity contribution in [1.29, 1.82) is 0 Å². The third-order valence-corrected chi connectivity index (χ3v) is 5.21. The van der Waals surface area contributed by atoms with Crippen molar-refractivity contribution in [2.45, 2.75) is 32.4 Å². The summed E-state index contributed by atoms with van der Waals surface area (Å²) >= 11 is 6.12. The molecule has 1 unspecified atom stereocenters. The van der Waals surface area contributed by atoms with Gasteiger partial charge < -0.3 is 5.73 Å². The smallest absolute Gasteiger partial charge is 0.369 e. The Bertz CT molecular complexity index is 1050. The van der Waals surface area contributed by atoms with Gasteiger partial charge in [-0.3, -0.25) is 4.79 Å². The molecule has 1 aromatic heterocycles. The monoisotopic (exact) mass is 421 g/mol. The summed E-state index contributed by atoms with van der Waals surface area (Å²) in [6, 6.07) is 12.4. The second-order valence-corrected chi connectivity index (χ2v) is 7.20. The second-order valence-electron chi connectivity index (χ2n) is 6.79. The summed E-state index contributed by atoms with van der Waals surface area (Å²) < 4.78 is 41.0. The van der Waals surface area contributed by atoms with Gasteiger partial charge in [0.05, 0.1) is 22.9 Å². The first-order valence-corrected chi connectivity index (χ1v) is 9.24. The summed E-state index contributed by atoms with van der Waals surface area (Å²) in [4.78, 5) is 12.3. The molecule has 0 radical (unpaired) electrons. The lowest BCUT2D eigenvalue weighted by Crippen LogP contribution is -2.24. The fourth-order valence-electron chi connectivity index (χ4n) is 3.45. The number of hydrogen-bond donors (Lipinski definition) is 1. The Balaban J connectivity index is 2.05. The van der Waals surface area contributed by atoms with Crippen LogP contribution in [0.1, 0.15) is 34.0 Å². The van der Waals surface area contributed by atoms with Crippen molar-refractivity contribution in [3.8, 4) is 5.69 Å². The molecule has 3 aromatic rings. The highest BCUT2D eigenvalue weighted by atomic mass is 35.5. The number of primary amides is 1. The van der Waals surface area contributed by atoms with Crippen LogP contribution in [0, 0.1) is 13.8 Å². The number of nitrogens with two attached hydrogens (primary N) is 1. The van der Waals surface area contributed by atoms with Gasteiger partial charge >= 0.3 is 6.18 Å². The Morgan fingerprint density at radius 2 is 1.83 bits per heavy atom. The molecule has 0 aliphatic heterocycles. The summed E-state index contributed by atoms with van der Waals surface area (Å²) in [5.41, 5.74) is 7.69. The van der Waals surface area contributed by atoms with E-state index >= 15 is 0 Å². The summed E-state index contributed by atoms with van der Waals surface area (Å²) in [6.45, 7) is 3.54. The molecule has 1 heterocycles. The summed E-state index contributed by atoms with van der Waals surface area (Å²) in [5.74, 6) is -1.52. The number of halogens is 4. The van der Waals surface area contributed by atoms with Crippen LogP contribution >= 0.6 is 11.6 Å². The molecule has 0 aliphatic rings. The van der Waals surface area contributed by atoms with Crippen molar-refractivity contribution in [1.82, 2.24) is 9.78 Å². The molecule has 0 aliphatic carbocycles. The van der Waals surface area contributed by atoms with Gasteiger partial charge in [0.25, 0.3) is 0 Å². The summed E-state index contributed by atoms with van der Waals surface area (Å²) in [5, 5.41) is 4.65. The molecular formula is C21H19ClF3N3O. The van der Waals surface area contributed by atoms with Gasteiger partial charge in [-0.25, -0.2) is 4.68 Å². The molecular weight excluding hydrogens is 403 g/mol. The molecule has 1 atom stereocenters. The van der Waals surface area contributed by atoms with E-state index in [1.807, 2.05) is 30.3 Å². The lowest BCUT2D eigenvalue weighted by molar-refractivity contribution is -0.137. The lowest BCUT2D eigenvalue weighted by atomic mass is 9.89. The second kappa shape index (κ2) is 7.91. The number of benzene rings is 2. The largest absolute Gasteiger partial charge is 0.416 e. The van der Waals surface area contributed by atoms with Crippen LogP contribution in [0.4, 0.5) is 13.2 Å². The number of alkyl halides is 3. The number of carbonyl (C=O) groups excluding carboxylic acids is 1. The number of amides is 1. The predicted octanol–water partition coefficient (Wildman–Crippen LogP) is 4.97. The van der Waals surface area contributed by atoms with Crippen molar-refractivity contribution >= 4 is 17.5 Å². The van der Waals surface area contributed by atoms with Crippen LogP contribution in [0.15, 0.2) is 48.5 Å². The van der Waals surface area contributed by atoms with E-state index in [-0.39, 0.29) is 17.0 Å². The standard InChI is InChI=1S/C21H19ClF3N3O/c1-12-19(13(2)28(27-12)16-6-4-3-5-7-16)17(20(26)29)11-14-10-15(21(23,24)25)8-9-18(14)22/h3-10,17H,11H2,1-2H3,(H2,26,29). The highest BCUT2D eigenvalue weighted by Crippen LogP contribution is 2.35.